The van der Waals surface area contributed by atoms with Crippen molar-refractivity contribution in [2.45, 2.75) is 0 Å². The van der Waals surface area contributed by atoms with E-state index >= 15 is 0 Å². The molecule has 3 rings (SSSR count). The lowest BCUT2D eigenvalue weighted by Gasteiger charge is -2.04. The molecule has 96 valence electrons. The van der Waals surface area contributed by atoms with Crippen LogP contribution in [0.2, 0.25) is 5.15 Å². The predicted octanol–water partition coefficient (Wildman–Crippen LogP) is 0.992. The van der Waals surface area contributed by atoms with Crippen molar-refractivity contribution in [3.8, 4) is 0 Å². The van der Waals surface area contributed by atoms with Crippen LogP contribution in [-0.4, -0.2) is 35.6 Å². The number of imidazole rings is 1. The van der Waals surface area contributed by atoms with Crippen molar-refractivity contribution in [3.63, 3.8) is 0 Å². The van der Waals surface area contributed by atoms with Crippen molar-refractivity contribution < 1.29 is 4.79 Å². The van der Waals surface area contributed by atoms with Gasteiger partial charge in [-0.1, -0.05) is 11.6 Å². The third kappa shape index (κ3) is 2.02. The van der Waals surface area contributed by atoms with Gasteiger partial charge in [-0.2, -0.15) is 15.1 Å². The number of nitrogens with one attached hydrogen (secondary N) is 2. The fourth-order valence-corrected chi connectivity index (χ4v) is 1.84. The van der Waals surface area contributed by atoms with Gasteiger partial charge in [-0.25, -0.2) is 4.98 Å². The lowest BCUT2D eigenvalue weighted by atomic mass is 10.4. The maximum atomic E-state index is 12.0. The second kappa shape index (κ2) is 4.32. The average molecular weight is 278 g/mol. The summed E-state index contributed by atoms with van der Waals surface area (Å²) in [5.41, 5.74) is 1.31. The molecule has 8 nitrogen and oxygen atoms in total. The minimum atomic E-state index is -0.369. The van der Waals surface area contributed by atoms with Gasteiger partial charge in [0.2, 0.25) is 5.95 Å². The lowest BCUT2D eigenvalue weighted by Crippen LogP contribution is -2.17. The number of aromatic nitrogens is 6. The molecule has 0 saturated carbocycles. The first kappa shape index (κ1) is 11.6. The molecule has 0 radical (unpaired) electrons. The Morgan fingerprint density at radius 2 is 2.32 bits per heavy atom. The highest BCUT2D eigenvalue weighted by atomic mass is 35.5. The first-order chi connectivity index (χ1) is 9.15. The number of aromatic amines is 1. The molecule has 0 aliphatic carbocycles. The number of amides is 1. The van der Waals surface area contributed by atoms with Gasteiger partial charge in [0.25, 0.3) is 5.91 Å². The Kier molecular flexibility index (Phi) is 2.64. The molecule has 9 heteroatoms. The molecule has 0 aliphatic rings. The number of halogens is 1. The number of anilines is 1. The SMILES string of the molecule is Cn1nccc1C(=O)Nc1nc(Cl)c2[nH]cnc2n1. The Morgan fingerprint density at radius 3 is 3.05 bits per heavy atom. The van der Waals surface area contributed by atoms with E-state index in [2.05, 4.69) is 30.4 Å². The highest BCUT2D eigenvalue weighted by Crippen LogP contribution is 2.18. The van der Waals surface area contributed by atoms with Crippen LogP contribution in [0.5, 0.6) is 0 Å². The minimum absolute atomic E-state index is 0.0933. The number of nitrogens with zero attached hydrogens (tertiary/aromatic N) is 5. The van der Waals surface area contributed by atoms with E-state index in [4.69, 9.17) is 11.6 Å². The second-order valence-electron chi connectivity index (χ2n) is 3.73. The van der Waals surface area contributed by atoms with E-state index in [0.717, 1.165) is 0 Å². The lowest BCUT2D eigenvalue weighted by molar-refractivity contribution is 0.101. The fourth-order valence-electron chi connectivity index (χ4n) is 1.62. The number of rotatable bonds is 2. The first-order valence-corrected chi connectivity index (χ1v) is 5.69. The molecular formula is C10H8ClN7O. The van der Waals surface area contributed by atoms with Crippen LogP contribution in [0.15, 0.2) is 18.6 Å². The smallest absolute Gasteiger partial charge is 0.276 e. The molecule has 0 unspecified atom stereocenters. The van der Waals surface area contributed by atoms with Crippen LogP contribution in [0.1, 0.15) is 10.5 Å². The normalized spacial score (nSPS) is 10.8. The first-order valence-electron chi connectivity index (χ1n) is 5.31. The molecule has 0 aliphatic heterocycles. The standard InChI is InChI=1S/C10H8ClN7O/c1-18-5(2-3-14-18)9(19)17-10-15-7(11)6-8(16-10)13-4-12-6/h2-4H,1H3,(H2,12,13,15,16,17,19). The fraction of sp³-hybridized carbons (Fsp3) is 0.100. The molecule has 3 heterocycles. The predicted molar refractivity (Wildman–Crippen MR) is 67.9 cm³/mol. The van der Waals surface area contributed by atoms with Crippen molar-refractivity contribution in [1.29, 1.82) is 0 Å². The zero-order chi connectivity index (χ0) is 13.4. The zero-order valence-corrected chi connectivity index (χ0v) is 10.5. The van der Waals surface area contributed by atoms with Crippen molar-refractivity contribution in [2.75, 3.05) is 5.32 Å². The van der Waals surface area contributed by atoms with Crippen LogP contribution < -0.4 is 5.32 Å². The van der Waals surface area contributed by atoms with Gasteiger partial charge in [0.05, 0.1) is 6.33 Å². The molecule has 3 aromatic heterocycles. The molecule has 2 N–H and O–H groups in total. The van der Waals surface area contributed by atoms with E-state index in [1.54, 1.807) is 13.1 Å². The van der Waals surface area contributed by atoms with E-state index in [-0.39, 0.29) is 17.0 Å². The van der Waals surface area contributed by atoms with Gasteiger partial charge in [0.15, 0.2) is 10.8 Å². The summed E-state index contributed by atoms with van der Waals surface area (Å²) < 4.78 is 1.45. The van der Waals surface area contributed by atoms with Gasteiger partial charge < -0.3 is 4.98 Å². The average Bonchev–Trinajstić information content (AvgIpc) is 2.97. The summed E-state index contributed by atoms with van der Waals surface area (Å²) in [7, 11) is 1.67. The Morgan fingerprint density at radius 1 is 1.47 bits per heavy atom. The van der Waals surface area contributed by atoms with Crippen molar-refractivity contribution in [1.82, 2.24) is 29.7 Å². The van der Waals surface area contributed by atoms with Crippen LogP contribution in [-0.2, 0) is 7.05 Å². The van der Waals surface area contributed by atoms with Crippen LogP contribution in [0, 0.1) is 0 Å². The van der Waals surface area contributed by atoms with E-state index < -0.39 is 0 Å². The van der Waals surface area contributed by atoms with Gasteiger partial charge in [0.1, 0.15) is 11.2 Å². The summed E-state index contributed by atoms with van der Waals surface area (Å²) >= 11 is 5.95. The van der Waals surface area contributed by atoms with Crippen molar-refractivity contribution in [2.24, 2.45) is 7.05 Å². The Bertz CT molecular complexity index is 762. The maximum Gasteiger partial charge on any atom is 0.276 e. The second-order valence-corrected chi connectivity index (χ2v) is 4.09. The van der Waals surface area contributed by atoms with Gasteiger partial charge in [-0.3, -0.25) is 14.8 Å². The number of aryl methyl sites for hydroxylation is 1. The Balaban J connectivity index is 1.93. The molecule has 0 atom stereocenters. The van der Waals surface area contributed by atoms with Gasteiger partial charge in [-0.05, 0) is 6.07 Å². The number of carbonyl (C=O) groups excluding carboxylic acids is 1. The summed E-state index contributed by atoms with van der Waals surface area (Å²) in [5, 5.41) is 6.65. The molecule has 1 amide bonds. The number of H-pyrrole nitrogens is 1. The zero-order valence-electron chi connectivity index (χ0n) is 9.75. The summed E-state index contributed by atoms with van der Waals surface area (Å²) in [6.45, 7) is 0. The summed E-state index contributed by atoms with van der Waals surface area (Å²) in [4.78, 5) is 26.8. The van der Waals surface area contributed by atoms with E-state index in [1.807, 2.05) is 0 Å². The topological polar surface area (TPSA) is 101 Å². The highest BCUT2D eigenvalue weighted by Gasteiger charge is 2.14. The van der Waals surface area contributed by atoms with Crippen LogP contribution >= 0.6 is 11.6 Å². The van der Waals surface area contributed by atoms with Crippen LogP contribution in [0.25, 0.3) is 11.2 Å². The maximum absolute atomic E-state index is 12.0. The number of fused-ring (bicyclic) bond motifs is 1. The quantitative estimate of drug-likeness (QED) is 0.680. The molecular weight excluding hydrogens is 270 g/mol. The third-order valence-corrected chi connectivity index (χ3v) is 2.79. The minimum Gasteiger partial charge on any atom is -0.341 e. The highest BCUT2D eigenvalue weighted by molar-refractivity contribution is 6.33. The Hall–Kier alpha value is -2.48. The summed E-state index contributed by atoms with van der Waals surface area (Å²) in [5.74, 6) is -0.276. The molecule has 0 aromatic carbocycles. The molecule has 19 heavy (non-hydrogen) atoms. The molecule has 0 spiro atoms. The summed E-state index contributed by atoms with van der Waals surface area (Å²) in [6, 6.07) is 1.59. The number of carbonyl (C=O) groups is 1. The van der Waals surface area contributed by atoms with Gasteiger partial charge >= 0.3 is 0 Å². The van der Waals surface area contributed by atoms with Gasteiger partial charge in [-0.15, -0.1) is 0 Å². The molecule has 0 fully saturated rings. The third-order valence-electron chi connectivity index (χ3n) is 2.52. The number of hydrogen-bond donors (Lipinski definition) is 2. The monoisotopic (exact) mass is 277 g/mol. The number of hydrogen-bond acceptors (Lipinski definition) is 5. The van der Waals surface area contributed by atoms with E-state index in [1.165, 1.54) is 17.2 Å². The Labute approximate surface area is 111 Å². The van der Waals surface area contributed by atoms with Crippen LogP contribution in [0.4, 0.5) is 5.95 Å². The largest absolute Gasteiger partial charge is 0.341 e. The van der Waals surface area contributed by atoms with Gasteiger partial charge in [0, 0.05) is 13.2 Å². The molecule has 0 saturated heterocycles. The van der Waals surface area contributed by atoms with Crippen molar-refractivity contribution in [3.05, 3.63) is 29.4 Å². The van der Waals surface area contributed by atoms with Crippen molar-refractivity contribution >= 4 is 34.6 Å². The van der Waals surface area contributed by atoms with Crippen LogP contribution in [0.3, 0.4) is 0 Å². The summed E-state index contributed by atoms with van der Waals surface area (Å²) in [6.07, 6.45) is 2.98. The molecule has 0 bridgehead atoms. The molecule has 3 aromatic rings. The van der Waals surface area contributed by atoms with E-state index in [0.29, 0.717) is 16.9 Å². The van der Waals surface area contributed by atoms with E-state index in [9.17, 15) is 4.79 Å².